The van der Waals surface area contributed by atoms with Crippen LogP contribution in [0.1, 0.15) is 24.0 Å². The van der Waals surface area contributed by atoms with Crippen molar-refractivity contribution in [2.24, 2.45) is 0 Å². The molecule has 2 saturated heterocycles. The van der Waals surface area contributed by atoms with Gasteiger partial charge < -0.3 is 25.3 Å². The van der Waals surface area contributed by atoms with Crippen molar-refractivity contribution in [2.75, 3.05) is 41.8 Å². The number of likely N-dealkylation sites (tertiary alicyclic amines) is 1. The minimum atomic E-state index is -0.826. The van der Waals surface area contributed by atoms with Gasteiger partial charge in [0.2, 0.25) is 5.91 Å². The smallest absolute Gasteiger partial charge is 0.321 e. The van der Waals surface area contributed by atoms with E-state index in [0.29, 0.717) is 43.3 Å². The number of benzene rings is 3. The van der Waals surface area contributed by atoms with Crippen molar-refractivity contribution in [1.82, 2.24) is 9.80 Å². The molecule has 0 atom stereocenters. The van der Waals surface area contributed by atoms with E-state index in [-0.39, 0.29) is 24.4 Å². The Kier molecular flexibility index (Phi) is 7.48. The number of rotatable bonds is 5. The third kappa shape index (κ3) is 5.43. The van der Waals surface area contributed by atoms with Gasteiger partial charge >= 0.3 is 6.03 Å². The molecule has 8 nitrogen and oxygen atoms in total. The number of nitrogens with zero attached hydrogens (tertiary/aromatic N) is 3. The number of hydrogen-bond donors (Lipinski definition) is 2. The van der Waals surface area contributed by atoms with Crippen molar-refractivity contribution in [3.05, 3.63) is 88.9 Å². The molecule has 4 amide bonds. The molecule has 2 fully saturated rings. The first-order valence-corrected chi connectivity index (χ1v) is 13.4. The van der Waals surface area contributed by atoms with Crippen molar-refractivity contribution in [3.63, 3.8) is 0 Å². The van der Waals surface area contributed by atoms with E-state index in [1.165, 1.54) is 0 Å². The van der Waals surface area contributed by atoms with Gasteiger partial charge in [0.1, 0.15) is 12.1 Å². The van der Waals surface area contributed by atoms with Crippen LogP contribution in [-0.2, 0) is 9.59 Å². The highest BCUT2D eigenvalue weighted by Crippen LogP contribution is 2.39. The van der Waals surface area contributed by atoms with E-state index in [0.717, 1.165) is 22.5 Å². The normalized spacial score (nSPS) is 16.5. The molecule has 5 rings (SSSR count). The SMILES string of the molecule is Cc1cccc(C)c1NC(=O)N1CCC2(CC1)C(=O)N(CC(=O)Nc1cccc(Cl)c1)CN2c1ccccc1. The number of halogens is 1. The Hall–Kier alpha value is -4.04. The molecule has 0 aromatic heterocycles. The zero-order valence-corrected chi connectivity index (χ0v) is 22.9. The van der Waals surface area contributed by atoms with Crippen LogP contribution in [0.25, 0.3) is 0 Å². The summed E-state index contributed by atoms with van der Waals surface area (Å²) in [6.07, 6.45) is 0.931. The zero-order chi connectivity index (χ0) is 27.6. The predicted octanol–water partition coefficient (Wildman–Crippen LogP) is 5.27. The largest absolute Gasteiger partial charge is 0.339 e. The Bertz CT molecular complexity index is 1370. The van der Waals surface area contributed by atoms with Crippen LogP contribution in [0, 0.1) is 13.8 Å². The van der Waals surface area contributed by atoms with Crippen LogP contribution >= 0.6 is 11.6 Å². The van der Waals surface area contributed by atoms with Gasteiger partial charge in [0, 0.05) is 35.2 Å². The molecular weight excluding hydrogens is 514 g/mol. The van der Waals surface area contributed by atoms with E-state index in [4.69, 9.17) is 11.6 Å². The molecule has 2 N–H and O–H groups in total. The van der Waals surface area contributed by atoms with Crippen LogP contribution < -0.4 is 15.5 Å². The van der Waals surface area contributed by atoms with Gasteiger partial charge in [-0.15, -0.1) is 0 Å². The number of anilines is 3. The summed E-state index contributed by atoms with van der Waals surface area (Å²) in [5, 5.41) is 6.41. The Morgan fingerprint density at radius 2 is 1.56 bits per heavy atom. The maximum absolute atomic E-state index is 13.9. The van der Waals surface area contributed by atoms with Crippen molar-refractivity contribution in [2.45, 2.75) is 32.2 Å². The monoisotopic (exact) mass is 545 g/mol. The number of amides is 4. The number of hydrogen-bond acceptors (Lipinski definition) is 4. The minimum Gasteiger partial charge on any atom is -0.339 e. The Morgan fingerprint density at radius 1 is 0.897 bits per heavy atom. The van der Waals surface area contributed by atoms with Gasteiger partial charge in [-0.2, -0.15) is 0 Å². The Balaban J connectivity index is 1.31. The maximum atomic E-state index is 13.9. The fourth-order valence-corrected chi connectivity index (χ4v) is 5.73. The molecule has 39 heavy (non-hydrogen) atoms. The molecular formula is C30H32ClN5O3. The summed E-state index contributed by atoms with van der Waals surface area (Å²) in [7, 11) is 0. The van der Waals surface area contributed by atoms with Crippen LogP contribution in [0.5, 0.6) is 0 Å². The lowest BCUT2D eigenvalue weighted by molar-refractivity contribution is -0.136. The van der Waals surface area contributed by atoms with Gasteiger partial charge in [-0.1, -0.05) is 54.1 Å². The zero-order valence-electron chi connectivity index (χ0n) is 22.1. The molecule has 202 valence electrons. The van der Waals surface area contributed by atoms with Crippen LogP contribution in [0.2, 0.25) is 5.02 Å². The molecule has 9 heteroatoms. The van der Waals surface area contributed by atoms with Crippen LogP contribution in [-0.4, -0.2) is 59.5 Å². The van der Waals surface area contributed by atoms with E-state index in [2.05, 4.69) is 15.5 Å². The van der Waals surface area contributed by atoms with Gasteiger partial charge in [0.25, 0.3) is 5.91 Å². The van der Waals surface area contributed by atoms with E-state index in [1.807, 2.05) is 62.4 Å². The summed E-state index contributed by atoms with van der Waals surface area (Å²) in [5.74, 6) is -0.386. The van der Waals surface area contributed by atoms with E-state index < -0.39 is 5.54 Å². The van der Waals surface area contributed by atoms with Gasteiger partial charge in [0.05, 0.1) is 6.67 Å². The van der Waals surface area contributed by atoms with Gasteiger partial charge in [-0.3, -0.25) is 9.59 Å². The van der Waals surface area contributed by atoms with Crippen LogP contribution in [0.3, 0.4) is 0 Å². The lowest BCUT2D eigenvalue weighted by Crippen LogP contribution is -2.58. The van der Waals surface area contributed by atoms with Crippen molar-refractivity contribution >= 4 is 46.5 Å². The highest BCUT2D eigenvalue weighted by atomic mass is 35.5. The Morgan fingerprint density at radius 3 is 2.23 bits per heavy atom. The summed E-state index contributed by atoms with van der Waals surface area (Å²) >= 11 is 6.05. The topological polar surface area (TPSA) is 85.0 Å². The van der Waals surface area contributed by atoms with Crippen LogP contribution in [0.4, 0.5) is 21.9 Å². The fourth-order valence-electron chi connectivity index (χ4n) is 5.54. The second-order valence-electron chi connectivity index (χ2n) is 10.2. The molecule has 0 radical (unpaired) electrons. The average Bonchev–Trinajstić information content (AvgIpc) is 3.17. The number of carbonyl (C=O) groups excluding carboxylic acids is 3. The third-order valence-electron chi connectivity index (χ3n) is 7.62. The van der Waals surface area contributed by atoms with Crippen LogP contribution in [0.15, 0.2) is 72.8 Å². The quantitative estimate of drug-likeness (QED) is 0.457. The summed E-state index contributed by atoms with van der Waals surface area (Å²) in [5.41, 5.74) is 3.50. The van der Waals surface area contributed by atoms with E-state index in [9.17, 15) is 14.4 Å². The molecule has 0 saturated carbocycles. The Labute approximate surface area is 233 Å². The predicted molar refractivity (Wildman–Crippen MR) is 154 cm³/mol. The molecule has 3 aromatic rings. The second kappa shape index (κ2) is 11.0. The first-order chi connectivity index (χ1) is 18.8. The lowest BCUT2D eigenvalue weighted by atomic mass is 9.85. The van der Waals surface area contributed by atoms with Gasteiger partial charge in [-0.25, -0.2) is 4.79 Å². The average molecular weight is 546 g/mol. The number of piperidine rings is 1. The molecule has 2 heterocycles. The molecule has 2 aliphatic heterocycles. The first kappa shape index (κ1) is 26.6. The van der Waals surface area contributed by atoms with E-state index >= 15 is 0 Å². The van der Waals surface area contributed by atoms with Crippen molar-refractivity contribution < 1.29 is 14.4 Å². The standard InChI is InChI=1S/C30H32ClN5O3/c1-21-8-6-9-22(2)27(21)33-29(39)34-16-14-30(15-17-34)28(38)35(20-36(30)25-12-4-3-5-13-25)19-26(37)32-24-11-7-10-23(31)18-24/h3-13,18H,14-17,19-20H2,1-2H3,(H,32,37)(H,33,39). The third-order valence-corrected chi connectivity index (χ3v) is 7.85. The number of para-hydroxylation sites is 2. The molecule has 1 spiro atoms. The maximum Gasteiger partial charge on any atom is 0.321 e. The first-order valence-electron chi connectivity index (χ1n) is 13.1. The molecule has 0 unspecified atom stereocenters. The summed E-state index contributed by atoms with van der Waals surface area (Å²) < 4.78 is 0. The number of aryl methyl sites for hydroxylation is 2. The molecule has 0 bridgehead atoms. The fraction of sp³-hybridized carbons (Fsp3) is 0.300. The van der Waals surface area contributed by atoms with Gasteiger partial charge in [-0.05, 0) is 68.1 Å². The van der Waals surface area contributed by atoms with E-state index in [1.54, 1.807) is 34.1 Å². The summed E-state index contributed by atoms with van der Waals surface area (Å²) in [4.78, 5) is 45.4. The highest BCUT2D eigenvalue weighted by Gasteiger charge is 2.54. The second-order valence-corrected chi connectivity index (χ2v) is 10.6. The number of urea groups is 1. The molecule has 2 aliphatic rings. The summed E-state index contributed by atoms with van der Waals surface area (Å²) in [6, 6.07) is 22.4. The summed E-state index contributed by atoms with van der Waals surface area (Å²) in [6.45, 7) is 5.01. The highest BCUT2D eigenvalue weighted by molar-refractivity contribution is 6.30. The molecule has 0 aliphatic carbocycles. The number of carbonyl (C=O) groups is 3. The van der Waals surface area contributed by atoms with Gasteiger partial charge in [0.15, 0.2) is 0 Å². The molecule has 3 aromatic carbocycles. The minimum absolute atomic E-state index is 0.0762. The number of nitrogens with one attached hydrogen (secondary N) is 2. The lowest BCUT2D eigenvalue weighted by Gasteiger charge is -2.43. The van der Waals surface area contributed by atoms with Crippen molar-refractivity contribution in [1.29, 1.82) is 0 Å². The van der Waals surface area contributed by atoms with Crippen molar-refractivity contribution in [3.8, 4) is 0 Å².